The molecule has 0 radical (unpaired) electrons. The van der Waals surface area contributed by atoms with Gasteiger partial charge >= 0.3 is 0 Å². The summed E-state index contributed by atoms with van der Waals surface area (Å²) in [7, 11) is 2.12. The van der Waals surface area contributed by atoms with Gasteiger partial charge in [-0.1, -0.05) is 12.1 Å². The lowest BCUT2D eigenvalue weighted by atomic mass is 9.83. The quantitative estimate of drug-likeness (QED) is 0.815. The second-order valence-corrected chi connectivity index (χ2v) is 8.47. The van der Waals surface area contributed by atoms with Gasteiger partial charge in [0.15, 0.2) is 5.82 Å². The van der Waals surface area contributed by atoms with Gasteiger partial charge in [-0.2, -0.15) is 0 Å². The highest BCUT2D eigenvalue weighted by Gasteiger charge is 2.41. The van der Waals surface area contributed by atoms with Crippen molar-refractivity contribution in [2.45, 2.75) is 51.1 Å². The van der Waals surface area contributed by atoms with E-state index in [2.05, 4.69) is 26.7 Å². The largest absolute Gasteiger partial charge is 0.332 e. The summed E-state index contributed by atoms with van der Waals surface area (Å²) in [6, 6.07) is 6.29. The third-order valence-corrected chi connectivity index (χ3v) is 6.17. The highest BCUT2D eigenvalue weighted by atomic mass is 19.1. The van der Waals surface area contributed by atoms with Crippen LogP contribution in [0.2, 0.25) is 0 Å². The highest BCUT2D eigenvalue weighted by Crippen LogP contribution is 2.36. The maximum absolute atomic E-state index is 13.7. The number of amides is 1. The molecule has 0 bridgehead atoms. The molecule has 3 heterocycles. The lowest BCUT2D eigenvalue weighted by Crippen LogP contribution is -2.43. The van der Waals surface area contributed by atoms with Gasteiger partial charge in [-0.25, -0.2) is 4.39 Å². The number of hydrogen-bond acceptors (Lipinski definition) is 4. The Hall–Kier alpha value is -2.28. The van der Waals surface area contributed by atoms with Crippen molar-refractivity contribution in [3.8, 4) is 0 Å². The molecule has 0 spiro atoms. The SMILES string of the molecule is CN1CCc2nnc([C@H]3CCCN3C(=O)C(C)(C)c3cccc(F)c3)n2CC1. The lowest BCUT2D eigenvalue weighted by Gasteiger charge is -2.33. The van der Waals surface area contributed by atoms with Crippen LogP contribution in [0.25, 0.3) is 0 Å². The van der Waals surface area contributed by atoms with Crippen molar-refractivity contribution >= 4 is 5.91 Å². The minimum absolute atomic E-state index is 0.0173. The van der Waals surface area contributed by atoms with Crippen molar-refractivity contribution < 1.29 is 9.18 Å². The summed E-state index contributed by atoms with van der Waals surface area (Å²) in [5.41, 5.74) is -0.100. The second kappa shape index (κ2) is 7.28. The van der Waals surface area contributed by atoms with Crippen molar-refractivity contribution in [1.82, 2.24) is 24.6 Å². The van der Waals surface area contributed by atoms with E-state index in [0.717, 1.165) is 50.5 Å². The lowest BCUT2D eigenvalue weighted by molar-refractivity contribution is -0.137. The zero-order valence-electron chi connectivity index (χ0n) is 16.9. The molecule has 1 fully saturated rings. The summed E-state index contributed by atoms with van der Waals surface area (Å²) >= 11 is 0. The first-order valence-electron chi connectivity index (χ1n) is 10.1. The summed E-state index contributed by atoms with van der Waals surface area (Å²) in [5.74, 6) is 1.60. The number of aromatic nitrogens is 3. The predicted octanol–water partition coefficient (Wildman–Crippen LogP) is 2.55. The fraction of sp³-hybridized carbons (Fsp3) is 0.571. The topological polar surface area (TPSA) is 54.3 Å². The number of benzene rings is 1. The van der Waals surface area contributed by atoms with E-state index < -0.39 is 5.41 Å². The Labute approximate surface area is 165 Å². The van der Waals surface area contributed by atoms with Crippen molar-refractivity contribution in [2.75, 3.05) is 26.7 Å². The van der Waals surface area contributed by atoms with Crippen LogP contribution in [0, 0.1) is 5.82 Å². The molecule has 0 saturated carbocycles. The molecule has 150 valence electrons. The Balaban J connectivity index is 1.62. The van der Waals surface area contributed by atoms with E-state index in [1.807, 2.05) is 24.8 Å². The van der Waals surface area contributed by atoms with Crippen LogP contribution in [0.1, 0.15) is 49.9 Å². The van der Waals surface area contributed by atoms with Crippen LogP contribution >= 0.6 is 0 Å². The van der Waals surface area contributed by atoms with E-state index in [1.165, 1.54) is 12.1 Å². The first-order chi connectivity index (χ1) is 13.4. The number of halogens is 1. The molecule has 0 unspecified atom stereocenters. The average molecular weight is 385 g/mol. The Bertz CT molecular complexity index is 877. The minimum atomic E-state index is -0.799. The molecule has 1 saturated heterocycles. The number of carbonyl (C=O) groups is 1. The molecule has 1 amide bonds. The van der Waals surface area contributed by atoms with Crippen molar-refractivity contribution in [3.05, 3.63) is 47.3 Å². The number of nitrogens with zero attached hydrogens (tertiary/aromatic N) is 5. The molecule has 2 aliphatic heterocycles. The summed E-state index contributed by atoms with van der Waals surface area (Å²) in [6.07, 6.45) is 2.70. The van der Waals surface area contributed by atoms with Crippen LogP contribution in [-0.4, -0.2) is 57.2 Å². The molecule has 1 atom stereocenters. The predicted molar refractivity (Wildman–Crippen MR) is 104 cm³/mol. The monoisotopic (exact) mass is 385 g/mol. The fourth-order valence-electron chi connectivity index (χ4n) is 4.34. The Kier molecular flexibility index (Phi) is 4.95. The van der Waals surface area contributed by atoms with E-state index in [9.17, 15) is 9.18 Å². The summed E-state index contributed by atoms with van der Waals surface area (Å²) in [5, 5.41) is 8.91. The molecule has 0 N–H and O–H groups in total. The Morgan fingerprint density at radius 1 is 1.18 bits per heavy atom. The van der Waals surface area contributed by atoms with Gasteiger partial charge < -0.3 is 14.4 Å². The molecule has 2 aliphatic rings. The zero-order valence-corrected chi connectivity index (χ0v) is 16.9. The zero-order chi connectivity index (χ0) is 19.9. The third-order valence-electron chi connectivity index (χ3n) is 6.17. The van der Waals surface area contributed by atoms with E-state index in [4.69, 9.17) is 0 Å². The van der Waals surface area contributed by atoms with Gasteiger partial charge in [0.25, 0.3) is 0 Å². The van der Waals surface area contributed by atoms with Crippen LogP contribution < -0.4 is 0 Å². The number of rotatable bonds is 3. The third kappa shape index (κ3) is 3.32. The standard InChI is InChI=1S/C21H28FN5O/c1-21(2,15-6-4-7-16(22)14-15)20(28)26-10-5-8-17(26)19-24-23-18-9-11-25(3)12-13-27(18)19/h4,6-7,14,17H,5,8-13H2,1-3H3/t17-/m1/s1. The summed E-state index contributed by atoms with van der Waals surface area (Å²) < 4.78 is 15.9. The molecule has 2 aromatic rings. The minimum Gasteiger partial charge on any atom is -0.332 e. The molecule has 4 rings (SSSR count). The normalized spacial score (nSPS) is 20.9. The van der Waals surface area contributed by atoms with Crippen molar-refractivity contribution in [3.63, 3.8) is 0 Å². The van der Waals surface area contributed by atoms with Gasteiger partial charge in [0.05, 0.1) is 11.5 Å². The smallest absolute Gasteiger partial charge is 0.233 e. The van der Waals surface area contributed by atoms with Crippen LogP contribution in [0.5, 0.6) is 0 Å². The van der Waals surface area contributed by atoms with Crippen LogP contribution in [0.15, 0.2) is 24.3 Å². The first kappa shape index (κ1) is 19.1. The van der Waals surface area contributed by atoms with Gasteiger partial charge in [0, 0.05) is 32.6 Å². The van der Waals surface area contributed by atoms with Gasteiger partial charge in [0.1, 0.15) is 11.6 Å². The number of hydrogen-bond donors (Lipinski definition) is 0. The Morgan fingerprint density at radius 2 is 2.00 bits per heavy atom. The van der Waals surface area contributed by atoms with Crippen LogP contribution in [-0.2, 0) is 23.2 Å². The molecular weight excluding hydrogens is 357 g/mol. The summed E-state index contributed by atoms with van der Waals surface area (Å²) in [6.45, 7) is 7.22. The average Bonchev–Trinajstić information content (AvgIpc) is 3.26. The fourth-order valence-corrected chi connectivity index (χ4v) is 4.34. The number of carbonyl (C=O) groups excluding carboxylic acids is 1. The second-order valence-electron chi connectivity index (χ2n) is 8.47. The molecule has 1 aromatic carbocycles. The molecule has 0 aliphatic carbocycles. The number of likely N-dealkylation sites (tertiary alicyclic amines) is 1. The first-order valence-corrected chi connectivity index (χ1v) is 10.1. The van der Waals surface area contributed by atoms with Gasteiger partial charge in [-0.3, -0.25) is 4.79 Å². The highest BCUT2D eigenvalue weighted by molar-refractivity contribution is 5.88. The van der Waals surface area contributed by atoms with Crippen molar-refractivity contribution in [2.24, 2.45) is 0 Å². The van der Waals surface area contributed by atoms with E-state index in [0.29, 0.717) is 12.1 Å². The summed E-state index contributed by atoms with van der Waals surface area (Å²) in [4.78, 5) is 17.7. The maximum atomic E-state index is 13.7. The molecular formula is C21H28FN5O. The molecule has 7 heteroatoms. The van der Waals surface area contributed by atoms with Crippen LogP contribution in [0.4, 0.5) is 4.39 Å². The molecule has 1 aromatic heterocycles. The molecule has 6 nitrogen and oxygen atoms in total. The van der Waals surface area contributed by atoms with E-state index >= 15 is 0 Å². The molecule has 28 heavy (non-hydrogen) atoms. The van der Waals surface area contributed by atoms with Crippen molar-refractivity contribution in [1.29, 1.82) is 0 Å². The van der Waals surface area contributed by atoms with Gasteiger partial charge in [-0.15, -0.1) is 10.2 Å². The number of likely N-dealkylation sites (N-methyl/N-ethyl adjacent to an activating group) is 1. The van der Waals surface area contributed by atoms with Crippen LogP contribution in [0.3, 0.4) is 0 Å². The Morgan fingerprint density at radius 3 is 2.79 bits per heavy atom. The maximum Gasteiger partial charge on any atom is 0.233 e. The van der Waals surface area contributed by atoms with Gasteiger partial charge in [0.2, 0.25) is 5.91 Å². The van der Waals surface area contributed by atoms with E-state index in [-0.39, 0.29) is 17.8 Å². The van der Waals surface area contributed by atoms with Gasteiger partial charge in [-0.05, 0) is 51.4 Å². The number of fused-ring (bicyclic) bond motifs is 1. The van der Waals surface area contributed by atoms with E-state index in [1.54, 1.807) is 6.07 Å².